The van der Waals surface area contributed by atoms with Gasteiger partial charge in [0.25, 0.3) is 0 Å². The van der Waals surface area contributed by atoms with Gasteiger partial charge >= 0.3 is 5.97 Å². The molecule has 1 rings (SSSR count). The summed E-state index contributed by atoms with van der Waals surface area (Å²) in [4.78, 5) is 18.5. The van der Waals surface area contributed by atoms with Gasteiger partial charge in [-0.25, -0.2) is 14.8 Å². The Kier molecular flexibility index (Phi) is 2.92. The van der Waals surface area contributed by atoms with E-state index in [2.05, 4.69) is 15.3 Å². The van der Waals surface area contributed by atoms with Crippen molar-refractivity contribution in [3.63, 3.8) is 0 Å². The van der Waals surface area contributed by atoms with Gasteiger partial charge < -0.3 is 10.4 Å². The average Bonchev–Trinajstić information content (AvgIpc) is 2.04. The fourth-order valence-corrected chi connectivity index (χ4v) is 0.968. The van der Waals surface area contributed by atoms with E-state index in [4.69, 9.17) is 5.11 Å². The second-order valence-electron chi connectivity index (χ2n) is 2.62. The largest absolute Gasteiger partial charge is 0.478 e. The van der Waals surface area contributed by atoms with Crippen LogP contribution in [0.5, 0.6) is 0 Å². The number of nitrogens with one attached hydrogen (secondary N) is 1. The Hall–Kier alpha value is -1.49. The van der Waals surface area contributed by atoms with E-state index in [0.717, 1.165) is 0 Å². The van der Waals surface area contributed by atoms with Gasteiger partial charge in [-0.1, -0.05) is 0 Å². The van der Waals surface area contributed by atoms with Crippen LogP contribution in [-0.2, 0) is 6.54 Å². The van der Waals surface area contributed by atoms with Crippen LogP contribution in [0.3, 0.4) is 0 Å². The van der Waals surface area contributed by atoms with Gasteiger partial charge in [-0.2, -0.15) is 0 Å². The molecule has 0 aliphatic rings. The van der Waals surface area contributed by atoms with Crippen LogP contribution in [0.4, 0.5) is 0 Å². The summed E-state index contributed by atoms with van der Waals surface area (Å²) in [6.45, 7) is 2.20. The Bertz CT molecular complexity index is 325. The van der Waals surface area contributed by atoms with E-state index in [1.165, 1.54) is 6.20 Å². The summed E-state index contributed by atoms with van der Waals surface area (Å²) in [5, 5.41) is 11.6. The second-order valence-corrected chi connectivity index (χ2v) is 2.62. The van der Waals surface area contributed by atoms with Gasteiger partial charge in [-0.15, -0.1) is 0 Å². The van der Waals surface area contributed by atoms with Gasteiger partial charge in [-0.05, 0) is 14.0 Å². The third-order valence-electron chi connectivity index (χ3n) is 1.59. The lowest BCUT2D eigenvalue weighted by Crippen LogP contribution is -2.12. The highest BCUT2D eigenvalue weighted by Gasteiger charge is 2.08. The van der Waals surface area contributed by atoms with Gasteiger partial charge in [0, 0.05) is 6.20 Å². The van der Waals surface area contributed by atoms with E-state index in [1.807, 2.05) is 0 Å². The van der Waals surface area contributed by atoms with E-state index in [-0.39, 0.29) is 5.56 Å². The Morgan fingerprint density at radius 2 is 2.38 bits per heavy atom. The summed E-state index contributed by atoms with van der Waals surface area (Å²) < 4.78 is 0. The fraction of sp³-hybridized carbons (Fsp3) is 0.375. The number of carboxylic acid groups (broad SMARTS) is 1. The van der Waals surface area contributed by atoms with Gasteiger partial charge in [0.2, 0.25) is 0 Å². The summed E-state index contributed by atoms with van der Waals surface area (Å²) in [5.41, 5.74) is 0.646. The first kappa shape index (κ1) is 9.60. The Balaban J connectivity index is 2.98. The molecule has 0 fully saturated rings. The first-order chi connectivity index (χ1) is 6.15. The number of aromatic nitrogens is 2. The minimum atomic E-state index is -0.992. The van der Waals surface area contributed by atoms with Crippen molar-refractivity contribution in [1.29, 1.82) is 0 Å². The van der Waals surface area contributed by atoms with Crippen LogP contribution in [0, 0.1) is 6.92 Å². The predicted molar refractivity (Wildman–Crippen MR) is 46.5 cm³/mol. The molecule has 0 bridgehead atoms. The number of aryl methyl sites for hydroxylation is 1. The Labute approximate surface area is 75.8 Å². The molecule has 0 aliphatic carbocycles. The topological polar surface area (TPSA) is 75.1 Å². The SMILES string of the molecule is CNCc1ncc(C(=O)O)c(C)n1. The predicted octanol–water partition coefficient (Wildman–Crippen LogP) is 0.203. The lowest BCUT2D eigenvalue weighted by atomic mass is 10.2. The maximum atomic E-state index is 10.6. The smallest absolute Gasteiger partial charge is 0.339 e. The highest BCUT2D eigenvalue weighted by Crippen LogP contribution is 2.03. The molecular weight excluding hydrogens is 170 g/mol. The van der Waals surface area contributed by atoms with Crippen LogP contribution in [0.25, 0.3) is 0 Å². The van der Waals surface area contributed by atoms with Crippen molar-refractivity contribution < 1.29 is 9.90 Å². The molecule has 0 atom stereocenters. The maximum Gasteiger partial charge on any atom is 0.339 e. The van der Waals surface area contributed by atoms with Crippen LogP contribution in [0.2, 0.25) is 0 Å². The van der Waals surface area contributed by atoms with Gasteiger partial charge in [0.1, 0.15) is 5.82 Å². The van der Waals surface area contributed by atoms with Crippen LogP contribution < -0.4 is 5.32 Å². The van der Waals surface area contributed by atoms with E-state index < -0.39 is 5.97 Å². The Morgan fingerprint density at radius 3 is 2.85 bits per heavy atom. The first-order valence-electron chi connectivity index (χ1n) is 3.85. The molecule has 5 heteroatoms. The highest BCUT2D eigenvalue weighted by atomic mass is 16.4. The number of carboxylic acids is 1. The molecule has 0 saturated heterocycles. The molecular formula is C8H11N3O2. The van der Waals surface area contributed by atoms with Crippen molar-refractivity contribution in [1.82, 2.24) is 15.3 Å². The van der Waals surface area contributed by atoms with Crippen molar-refractivity contribution in [2.24, 2.45) is 0 Å². The second kappa shape index (κ2) is 3.95. The molecule has 0 radical (unpaired) electrons. The van der Waals surface area contributed by atoms with Crippen LogP contribution in [0.15, 0.2) is 6.20 Å². The van der Waals surface area contributed by atoms with Gasteiger partial charge in [-0.3, -0.25) is 0 Å². The number of aromatic carboxylic acids is 1. The first-order valence-corrected chi connectivity index (χ1v) is 3.85. The lowest BCUT2D eigenvalue weighted by molar-refractivity contribution is 0.0695. The normalized spacial score (nSPS) is 10.0. The molecule has 0 aliphatic heterocycles. The zero-order valence-electron chi connectivity index (χ0n) is 7.53. The molecule has 2 N–H and O–H groups in total. The van der Waals surface area contributed by atoms with Crippen molar-refractivity contribution in [2.75, 3.05) is 7.05 Å². The Morgan fingerprint density at radius 1 is 1.69 bits per heavy atom. The zero-order chi connectivity index (χ0) is 9.84. The van der Waals surface area contributed by atoms with Crippen LogP contribution in [-0.4, -0.2) is 28.1 Å². The maximum absolute atomic E-state index is 10.6. The minimum absolute atomic E-state index is 0.153. The minimum Gasteiger partial charge on any atom is -0.478 e. The average molecular weight is 181 g/mol. The fourth-order valence-electron chi connectivity index (χ4n) is 0.968. The molecule has 5 nitrogen and oxygen atoms in total. The van der Waals surface area contributed by atoms with Crippen molar-refractivity contribution in [2.45, 2.75) is 13.5 Å². The van der Waals surface area contributed by atoms with E-state index >= 15 is 0 Å². The van der Waals surface area contributed by atoms with Crippen molar-refractivity contribution in [3.8, 4) is 0 Å². The monoisotopic (exact) mass is 181 g/mol. The van der Waals surface area contributed by atoms with Crippen LogP contribution >= 0.6 is 0 Å². The molecule has 1 heterocycles. The zero-order valence-corrected chi connectivity index (χ0v) is 7.53. The number of hydrogen-bond donors (Lipinski definition) is 2. The van der Waals surface area contributed by atoms with Gasteiger partial charge in [0.05, 0.1) is 17.8 Å². The summed E-state index contributed by atoms with van der Waals surface area (Å²) in [6.07, 6.45) is 1.33. The summed E-state index contributed by atoms with van der Waals surface area (Å²) in [7, 11) is 1.78. The molecule has 0 aromatic carbocycles. The molecule has 0 amide bonds. The molecule has 0 unspecified atom stereocenters. The quantitative estimate of drug-likeness (QED) is 0.696. The van der Waals surface area contributed by atoms with Crippen molar-refractivity contribution >= 4 is 5.97 Å². The molecule has 0 saturated carbocycles. The highest BCUT2D eigenvalue weighted by molar-refractivity contribution is 5.88. The van der Waals surface area contributed by atoms with Crippen molar-refractivity contribution in [3.05, 3.63) is 23.3 Å². The van der Waals surface area contributed by atoms with Crippen LogP contribution in [0.1, 0.15) is 21.9 Å². The molecule has 1 aromatic rings. The third kappa shape index (κ3) is 2.22. The lowest BCUT2D eigenvalue weighted by Gasteiger charge is -2.02. The molecule has 1 aromatic heterocycles. The number of hydrogen-bond acceptors (Lipinski definition) is 4. The van der Waals surface area contributed by atoms with E-state index in [9.17, 15) is 4.79 Å². The van der Waals surface area contributed by atoms with E-state index in [1.54, 1.807) is 14.0 Å². The molecule has 70 valence electrons. The third-order valence-corrected chi connectivity index (χ3v) is 1.59. The number of nitrogens with zero attached hydrogens (tertiary/aromatic N) is 2. The molecule has 13 heavy (non-hydrogen) atoms. The summed E-state index contributed by atoms with van der Waals surface area (Å²) in [6, 6.07) is 0. The summed E-state index contributed by atoms with van der Waals surface area (Å²) >= 11 is 0. The van der Waals surface area contributed by atoms with E-state index in [0.29, 0.717) is 18.1 Å². The molecule has 0 spiro atoms. The summed E-state index contributed by atoms with van der Waals surface area (Å²) in [5.74, 6) is -0.390. The van der Waals surface area contributed by atoms with Gasteiger partial charge in [0.15, 0.2) is 0 Å². The number of rotatable bonds is 3. The number of carbonyl (C=O) groups is 1. The standard InChI is InChI=1S/C8H11N3O2/c1-5-6(8(12)13)3-10-7(11-5)4-9-2/h3,9H,4H2,1-2H3,(H,12,13).